The van der Waals surface area contributed by atoms with Crippen LogP contribution in [0.5, 0.6) is 5.75 Å². The van der Waals surface area contributed by atoms with E-state index in [1.165, 1.54) is 12.1 Å². The van der Waals surface area contributed by atoms with Gasteiger partial charge in [0.25, 0.3) is 0 Å². The molecule has 2 rings (SSSR count). The molecule has 0 saturated carbocycles. The molecule has 0 unspecified atom stereocenters. The molecular weight excluding hydrogens is 255 g/mol. The molecule has 18 heavy (non-hydrogen) atoms. The number of aromatic hydroxyl groups is 1. The van der Waals surface area contributed by atoms with E-state index in [0.717, 1.165) is 5.69 Å². The Hall–Kier alpha value is -1.78. The number of hydrogen-bond acceptors (Lipinski definition) is 3. The zero-order valence-corrected chi connectivity index (χ0v) is 10.2. The Kier molecular flexibility index (Phi) is 4.02. The number of nitrogens with one attached hydrogen (secondary N) is 2. The van der Waals surface area contributed by atoms with Crippen LogP contribution in [-0.4, -0.2) is 5.11 Å². The number of anilines is 1. The second-order valence-electron chi connectivity index (χ2n) is 3.75. The van der Waals surface area contributed by atoms with Gasteiger partial charge in [0, 0.05) is 12.2 Å². The fraction of sp³-hybridized carbons (Fsp3) is 0.0769. The zero-order chi connectivity index (χ0) is 13.0. The van der Waals surface area contributed by atoms with E-state index in [2.05, 4.69) is 10.9 Å². The SMILES string of the molecule is Oc1c(F)cc(CNNc2ccccc2)cc1Cl. The molecule has 0 spiro atoms. The molecule has 0 saturated heterocycles. The molecule has 0 fully saturated rings. The molecule has 3 nitrogen and oxygen atoms in total. The molecular formula is C13H12ClFN2O. The van der Waals surface area contributed by atoms with Gasteiger partial charge >= 0.3 is 0 Å². The summed E-state index contributed by atoms with van der Waals surface area (Å²) in [5, 5.41) is 9.20. The van der Waals surface area contributed by atoms with Gasteiger partial charge in [-0.3, -0.25) is 0 Å². The Morgan fingerprint density at radius 2 is 1.89 bits per heavy atom. The molecule has 3 N–H and O–H groups in total. The van der Waals surface area contributed by atoms with Crippen molar-refractivity contribution < 1.29 is 9.50 Å². The minimum atomic E-state index is -0.723. The minimum absolute atomic E-state index is 0.00603. The number of hydrazine groups is 1. The largest absolute Gasteiger partial charge is 0.504 e. The maximum Gasteiger partial charge on any atom is 0.170 e. The maximum atomic E-state index is 13.2. The summed E-state index contributed by atoms with van der Waals surface area (Å²) in [5.74, 6) is -1.24. The summed E-state index contributed by atoms with van der Waals surface area (Å²) in [6.45, 7) is 0.381. The molecule has 0 aliphatic heterocycles. The van der Waals surface area contributed by atoms with Crippen LogP contribution in [-0.2, 0) is 6.54 Å². The molecule has 2 aromatic carbocycles. The third kappa shape index (κ3) is 3.12. The molecule has 2 aromatic rings. The molecule has 5 heteroatoms. The molecule has 0 bridgehead atoms. The summed E-state index contributed by atoms with van der Waals surface area (Å²) in [6, 6.07) is 12.3. The number of benzene rings is 2. The Balaban J connectivity index is 1.95. The number of phenolic OH excluding ortho intramolecular Hbond substituents is 1. The monoisotopic (exact) mass is 266 g/mol. The van der Waals surface area contributed by atoms with Gasteiger partial charge in [-0.1, -0.05) is 29.8 Å². The Labute approximate surface area is 109 Å². The van der Waals surface area contributed by atoms with Crippen molar-refractivity contribution in [3.63, 3.8) is 0 Å². The van der Waals surface area contributed by atoms with E-state index in [4.69, 9.17) is 11.6 Å². The predicted octanol–water partition coefficient (Wildman–Crippen LogP) is 3.30. The third-order valence-electron chi connectivity index (χ3n) is 2.38. The molecule has 0 atom stereocenters. The molecule has 0 aliphatic rings. The third-order valence-corrected chi connectivity index (χ3v) is 2.66. The van der Waals surface area contributed by atoms with Crippen molar-refractivity contribution in [3.8, 4) is 5.75 Å². The van der Waals surface area contributed by atoms with Gasteiger partial charge in [0.1, 0.15) is 0 Å². The first-order chi connectivity index (χ1) is 8.66. The van der Waals surface area contributed by atoms with Gasteiger partial charge in [0.2, 0.25) is 0 Å². The average molecular weight is 267 g/mol. The van der Waals surface area contributed by atoms with Gasteiger partial charge in [-0.05, 0) is 29.8 Å². The van der Waals surface area contributed by atoms with Crippen LogP contribution >= 0.6 is 11.6 Å². The Bertz CT molecular complexity index is 511. The summed E-state index contributed by atoms with van der Waals surface area (Å²) >= 11 is 5.68. The Morgan fingerprint density at radius 3 is 2.56 bits per heavy atom. The van der Waals surface area contributed by atoms with Crippen molar-refractivity contribution in [1.82, 2.24) is 5.43 Å². The van der Waals surface area contributed by atoms with Crippen LogP contribution in [0.25, 0.3) is 0 Å². The van der Waals surface area contributed by atoms with E-state index >= 15 is 0 Å². The molecule has 0 radical (unpaired) electrons. The molecule has 0 aromatic heterocycles. The van der Waals surface area contributed by atoms with E-state index in [1.54, 1.807) is 0 Å². The second-order valence-corrected chi connectivity index (χ2v) is 4.16. The predicted molar refractivity (Wildman–Crippen MR) is 70.0 cm³/mol. The van der Waals surface area contributed by atoms with Crippen molar-refractivity contribution in [2.24, 2.45) is 0 Å². The van der Waals surface area contributed by atoms with E-state index in [9.17, 15) is 9.50 Å². The first-order valence-corrected chi connectivity index (χ1v) is 5.75. The highest BCUT2D eigenvalue weighted by atomic mass is 35.5. The van der Waals surface area contributed by atoms with E-state index in [1.807, 2.05) is 30.3 Å². The number of phenols is 1. The first-order valence-electron chi connectivity index (χ1n) is 5.37. The highest BCUT2D eigenvalue weighted by molar-refractivity contribution is 6.32. The van der Waals surface area contributed by atoms with Gasteiger partial charge in [-0.15, -0.1) is 0 Å². The lowest BCUT2D eigenvalue weighted by Crippen LogP contribution is -2.20. The number of rotatable bonds is 4. The van der Waals surface area contributed by atoms with Crippen LogP contribution in [0.3, 0.4) is 0 Å². The highest BCUT2D eigenvalue weighted by Crippen LogP contribution is 2.27. The number of para-hydroxylation sites is 1. The van der Waals surface area contributed by atoms with Crippen molar-refractivity contribution in [1.29, 1.82) is 0 Å². The van der Waals surface area contributed by atoms with Gasteiger partial charge in [-0.2, -0.15) is 0 Å². The van der Waals surface area contributed by atoms with Gasteiger partial charge in [-0.25, -0.2) is 9.82 Å². The van der Waals surface area contributed by atoms with E-state index < -0.39 is 11.6 Å². The zero-order valence-electron chi connectivity index (χ0n) is 9.45. The van der Waals surface area contributed by atoms with Crippen molar-refractivity contribution in [2.45, 2.75) is 6.54 Å². The topological polar surface area (TPSA) is 44.3 Å². The van der Waals surface area contributed by atoms with Gasteiger partial charge in [0.15, 0.2) is 11.6 Å². The lowest BCUT2D eigenvalue weighted by Gasteiger charge is -2.09. The lowest BCUT2D eigenvalue weighted by molar-refractivity contribution is 0.432. The maximum absolute atomic E-state index is 13.2. The number of hydrogen-bond donors (Lipinski definition) is 3. The van der Waals surface area contributed by atoms with Crippen LogP contribution < -0.4 is 10.9 Å². The van der Waals surface area contributed by atoms with Crippen LogP contribution in [0.15, 0.2) is 42.5 Å². The quantitative estimate of drug-likeness (QED) is 0.744. The lowest BCUT2D eigenvalue weighted by atomic mass is 10.2. The molecule has 0 heterocycles. The van der Waals surface area contributed by atoms with E-state index in [0.29, 0.717) is 12.1 Å². The fourth-order valence-electron chi connectivity index (χ4n) is 1.49. The summed E-state index contributed by atoms with van der Waals surface area (Å²) in [4.78, 5) is 0. The fourth-order valence-corrected chi connectivity index (χ4v) is 1.72. The van der Waals surface area contributed by atoms with Crippen LogP contribution in [0.4, 0.5) is 10.1 Å². The van der Waals surface area contributed by atoms with Crippen LogP contribution in [0.2, 0.25) is 5.02 Å². The average Bonchev–Trinajstić information content (AvgIpc) is 2.37. The Morgan fingerprint density at radius 1 is 1.17 bits per heavy atom. The van der Waals surface area contributed by atoms with Crippen LogP contribution in [0.1, 0.15) is 5.56 Å². The van der Waals surface area contributed by atoms with Gasteiger partial charge in [0.05, 0.1) is 5.02 Å². The van der Waals surface area contributed by atoms with Crippen molar-refractivity contribution in [2.75, 3.05) is 5.43 Å². The molecule has 0 aliphatic carbocycles. The first kappa shape index (κ1) is 12.7. The highest BCUT2D eigenvalue weighted by Gasteiger charge is 2.07. The molecule has 94 valence electrons. The summed E-state index contributed by atoms with van der Waals surface area (Å²) in [6.07, 6.45) is 0. The van der Waals surface area contributed by atoms with E-state index in [-0.39, 0.29) is 5.02 Å². The summed E-state index contributed by atoms with van der Waals surface area (Å²) < 4.78 is 13.2. The van der Waals surface area contributed by atoms with Gasteiger partial charge < -0.3 is 10.5 Å². The number of halogens is 2. The normalized spacial score (nSPS) is 10.3. The van der Waals surface area contributed by atoms with Crippen molar-refractivity contribution >= 4 is 17.3 Å². The summed E-state index contributed by atoms with van der Waals surface area (Å²) in [5.41, 5.74) is 7.45. The smallest absolute Gasteiger partial charge is 0.170 e. The van der Waals surface area contributed by atoms with Crippen molar-refractivity contribution in [3.05, 3.63) is 58.9 Å². The second kappa shape index (κ2) is 5.71. The van der Waals surface area contributed by atoms with Crippen LogP contribution in [0, 0.1) is 5.82 Å². The standard InChI is InChI=1S/C13H12ClFN2O/c14-11-6-9(7-12(15)13(11)18)8-16-17-10-4-2-1-3-5-10/h1-7,16-18H,8H2. The summed E-state index contributed by atoms with van der Waals surface area (Å²) in [7, 11) is 0. The molecule has 0 amide bonds. The minimum Gasteiger partial charge on any atom is -0.504 e.